The lowest BCUT2D eigenvalue weighted by Crippen LogP contribution is -2.32. The molecule has 6 nitrogen and oxygen atoms in total. The number of anilines is 2. The topological polar surface area (TPSA) is 76.0 Å². The average molecular weight is 463 g/mol. The predicted octanol–water partition coefficient (Wildman–Crippen LogP) is 4.92. The first-order valence-corrected chi connectivity index (χ1v) is 10.6. The Bertz CT molecular complexity index is 1170. The van der Waals surface area contributed by atoms with E-state index < -0.39 is 0 Å². The van der Waals surface area contributed by atoms with E-state index in [0.29, 0.717) is 17.8 Å². The summed E-state index contributed by atoms with van der Waals surface area (Å²) in [5, 5.41) is 10.8. The van der Waals surface area contributed by atoms with E-state index in [1.807, 2.05) is 54.6 Å². The molecule has 5 rings (SSSR count). The fraction of sp³-hybridized carbons (Fsp3) is 0.174. The number of allylic oxidation sites excluding steroid dienone is 2. The van der Waals surface area contributed by atoms with Crippen molar-refractivity contribution in [2.24, 2.45) is 0 Å². The van der Waals surface area contributed by atoms with Gasteiger partial charge in [0, 0.05) is 27.9 Å². The molecule has 2 N–H and O–H groups in total. The highest BCUT2D eigenvalue weighted by Gasteiger charge is 2.37. The van der Waals surface area contributed by atoms with Crippen molar-refractivity contribution in [3.05, 3.63) is 87.7 Å². The minimum Gasteiger partial charge on any atom is -0.343 e. The van der Waals surface area contributed by atoms with Crippen molar-refractivity contribution in [3.8, 4) is 0 Å². The van der Waals surface area contributed by atoms with E-state index in [2.05, 4.69) is 31.7 Å². The molecule has 1 amide bonds. The van der Waals surface area contributed by atoms with E-state index in [-0.39, 0.29) is 17.7 Å². The second-order valence-electron chi connectivity index (χ2n) is 7.42. The summed E-state index contributed by atoms with van der Waals surface area (Å²) in [6.07, 6.45) is 3.68. The van der Waals surface area contributed by atoms with Gasteiger partial charge in [-0.25, -0.2) is 4.68 Å². The summed E-state index contributed by atoms with van der Waals surface area (Å²) in [5.41, 5.74) is 3.76. The number of rotatable bonds is 3. The number of halogens is 1. The number of Topliss-reactive ketones (excluding diaryl/α,β-unsaturated/α-hetero) is 1. The second-order valence-corrected chi connectivity index (χ2v) is 8.34. The van der Waals surface area contributed by atoms with Gasteiger partial charge in [0.1, 0.15) is 17.4 Å². The fourth-order valence-corrected chi connectivity index (χ4v) is 4.36. The van der Waals surface area contributed by atoms with Crippen molar-refractivity contribution in [2.45, 2.75) is 25.3 Å². The van der Waals surface area contributed by atoms with E-state index in [4.69, 9.17) is 0 Å². The Labute approximate surface area is 182 Å². The van der Waals surface area contributed by atoms with Crippen LogP contribution in [0.1, 0.15) is 41.2 Å². The summed E-state index contributed by atoms with van der Waals surface area (Å²) >= 11 is 3.47. The lowest BCUT2D eigenvalue weighted by molar-refractivity contribution is -0.116. The highest BCUT2D eigenvalue weighted by atomic mass is 79.9. The largest absolute Gasteiger partial charge is 0.343 e. The molecule has 0 saturated carbocycles. The third-order valence-corrected chi connectivity index (χ3v) is 6.03. The fourth-order valence-electron chi connectivity index (χ4n) is 4.10. The Kier molecular flexibility index (Phi) is 4.75. The van der Waals surface area contributed by atoms with Gasteiger partial charge in [-0.2, -0.15) is 5.10 Å². The monoisotopic (exact) mass is 462 g/mol. The molecular formula is C23H19BrN4O2. The second kappa shape index (κ2) is 7.57. The number of benzene rings is 2. The molecular weight excluding hydrogens is 444 g/mol. The first-order valence-electron chi connectivity index (χ1n) is 9.84. The summed E-state index contributed by atoms with van der Waals surface area (Å²) in [6, 6.07) is 16.9. The molecule has 0 unspecified atom stereocenters. The number of amides is 1. The number of para-hydroxylation sites is 1. The van der Waals surface area contributed by atoms with E-state index in [1.54, 1.807) is 10.9 Å². The molecule has 0 bridgehead atoms. The van der Waals surface area contributed by atoms with Crippen molar-refractivity contribution in [1.82, 2.24) is 9.78 Å². The average Bonchev–Trinajstić information content (AvgIpc) is 3.18. The van der Waals surface area contributed by atoms with Crippen molar-refractivity contribution in [3.63, 3.8) is 0 Å². The van der Waals surface area contributed by atoms with Crippen LogP contribution in [0.5, 0.6) is 0 Å². The Hall–Kier alpha value is -3.19. The van der Waals surface area contributed by atoms with Gasteiger partial charge >= 0.3 is 0 Å². The highest BCUT2D eigenvalue weighted by Crippen LogP contribution is 2.41. The van der Waals surface area contributed by atoms with Gasteiger partial charge in [0.2, 0.25) is 0 Å². The number of hydrogen-bond acceptors (Lipinski definition) is 4. The van der Waals surface area contributed by atoms with Gasteiger partial charge in [0.05, 0.1) is 6.20 Å². The van der Waals surface area contributed by atoms with Crippen LogP contribution in [0.15, 0.2) is 76.5 Å². The molecule has 2 aliphatic rings. The number of aromatic nitrogens is 2. The maximum absolute atomic E-state index is 13.0. The molecule has 2 aromatic carbocycles. The smallest absolute Gasteiger partial charge is 0.261 e. The van der Waals surface area contributed by atoms with Gasteiger partial charge in [-0.3, -0.25) is 9.59 Å². The molecule has 0 fully saturated rings. The van der Waals surface area contributed by atoms with E-state index in [9.17, 15) is 9.59 Å². The van der Waals surface area contributed by atoms with Crippen LogP contribution in [0.2, 0.25) is 0 Å². The summed E-state index contributed by atoms with van der Waals surface area (Å²) in [6.45, 7) is 0. The van der Waals surface area contributed by atoms with Crippen LogP contribution in [0.3, 0.4) is 0 Å². The zero-order valence-electron chi connectivity index (χ0n) is 16.1. The quantitative estimate of drug-likeness (QED) is 0.578. The maximum atomic E-state index is 13.0. The van der Waals surface area contributed by atoms with Crippen LogP contribution in [-0.2, 0) is 4.79 Å². The number of carbonyl (C=O) groups excluding carboxylic acids is 2. The van der Waals surface area contributed by atoms with Crippen LogP contribution in [-0.4, -0.2) is 21.5 Å². The third-order valence-electron chi connectivity index (χ3n) is 5.50. The van der Waals surface area contributed by atoms with Crippen LogP contribution in [0.4, 0.5) is 11.5 Å². The molecule has 1 aromatic heterocycles. The molecule has 150 valence electrons. The number of carbonyl (C=O) groups is 2. The van der Waals surface area contributed by atoms with Crippen LogP contribution < -0.4 is 10.6 Å². The highest BCUT2D eigenvalue weighted by molar-refractivity contribution is 9.10. The van der Waals surface area contributed by atoms with Gasteiger partial charge in [-0.15, -0.1) is 0 Å². The molecule has 3 aromatic rings. The summed E-state index contributed by atoms with van der Waals surface area (Å²) in [5.74, 6) is 0.508. The molecule has 7 heteroatoms. The van der Waals surface area contributed by atoms with Crippen molar-refractivity contribution in [2.75, 3.05) is 10.6 Å². The number of ketones is 1. The minimum atomic E-state index is -0.351. The van der Waals surface area contributed by atoms with E-state index in [0.717, 1.165) is 39.8 Å². The molecule has 1 atom stereocenters. The molecule has 0 saturated heterocycles. The predicted molar refractivity (Wildman–Crippen MR) is 118 cm³/mol. The number of hydrogen-bond donors (Lipinski definition) is 2. The first kappa shape index (κ1) is 18.8. The van der Waals surface area contributed by atoms with Crippen LogP contribution in [0, 0.1) is 0 Å². The van der Waals surface area contributed by atoms with E-state index in [1.165, 1.54) is 0 Å². The van der Waals surface area contributed by atoms with Gasteiger partial charge in [-0.05, 0) is 42.7 Å². The van der Waals surface area contributed by atoms with Gasteiger partial charge in [0.25, 0.3) is 5.91 Å². The first-order chi connectivity index (χ1) is 14.6. The Morgan fingerprint density at radius 3 is 2.63 bits per heavy atom. The number of nitrogens with one attached hydrogen (secondary N) is 2. The zero-order chi connectivity index (χ0) is 20.7. The Morgan fingerprint density at radius 2 is 1.87 bits per heavy atom. The molecule has 0 spiro atoms. The zero-order valence-corrected chi connectivity index (χ0v) is 17.6. The molecule has 1 aliphatic heterocycles. The minimum absolute atomic E-state index is 0.133. The van der Waals surface area contributed by atoms with Crippen molar-refractivity contribution >= 4 is 39.1 Å². The SMILES string of the molecule is O=C1CCCC2=C1[C@@H](c1ccc(Br)cc1)n1ncc(C(=O)Nc3ccccc3)c1N2. The Morgan fingerprint density at radius 1 is 1.10 bits per heavy atom. The summed E-state index contributed by atoms with van der Waals surface area (Å²) in [7, 11) is 0. The van der Waals surface area contributed by atoms with Gasteiger partial charge in [0.15, 0.2) is 5.78 Å². The molecule has 1 aliphatic carbocycles. The van der Waals surface area contributed by atoms with Gasteiger partial charge in [-0.1, -0.05) is 46.3 Å². The molecule has 2 heterocycles. The van der Waals surface area contributed by atoms with Gasteiger partial charge < -0.3 is 10.6 Å². The number of nitrogens with zero attached hydrogens (tertiary/aromatic N) is 2. The molecule has 0 radical (unpaired) electrons. The lowest BCUT2D eigenvalue weighted by Gasteiger charge is -2.33. The van der Waals surface area contributed by atoms with Crippen LogP contribution in [0.25, 0.3) is 0 Å². The van der Waals surface area contributed by atoms with E-state index >= 15 is 0 Å². The standard InChI is InChI=1S/C23H19BrN4O2/c24-15-11-9-14(10-12-15)21-20-18(7-4-8-19(20)29)27-22-17(13-25-28(21)22)23(30)26-16-5-2-1-3-6-16/h1-3,5-6,9-13,21,27H,4,7-8H2,(H,26,30)/t21-/m1/s1. The Balaban J connectivity index is 1.58. The van der Waals surface area contributed by atoms with Crippen molar-refractivity contribution < 1.29 is 9.59 Å². The third kappa shape index (κ3) is 3.25. The van der Waals surface area contributed by atoms with Crippen molar-refractivity contribution in [1.29, 1.82) is 0 Å². The maximum Gasteiger partial charge on any atom is 0.261 e. The molecule has 30 heavy (non-hydrogen) atoms. The lowest BCUT2D eigenvalue weighted by atomic mass is 9.85. The summed E-state index contributed by atoms with van der Waals surface area (Å²) < 4.78 is 2.72. The van der Waals surface area contributed by atoms with Crippen LogP contribution >= 0.6 is 15.9 Å². The normalized spacial score (nSPS) is 17.8. The summed E-state index contributed by atoms with van der Waals surface area (Å²) in [4.78, 5) is 25.8. The number of fused-ring (bicyclic) bond motifs is 1.